The third-order valence-corrected chi connectivity index (χ3v) is 5.26. The van der Waals surface area contributed by atoms with Gasteiger partial charge in [0, 0.05) is 37.6 Å². The summed E-state index contributed by atoms with van der Waals surface area (Å²) in [7, 11) is 2.10. The van der Waals surface area contributed by atoms with E-state index in [1.54, 1.807) is 0 Å². The van der Waals surface area contributed by atoms with E-state index in [1.807, 2.05) is 6.07 Å². The van der Waals surface area contributed by atoms with E-state index in [0.29, 0.717) is 18.5 Å². The lowest BCUT2D eigenvalue weighted by Crippen LogP contribution is -2.51. The minimum absolute atomic E-state index is 0.0960. The molecule has 132 valence electrons. The average Bonchev–Trinajstić information content (AvgIpc) is 3.04. The van der Waals surface area contributed by atoms with Crippen LogP contribution in [0.2, 0.25) is 0 Å². The Morgan fingerprint density at radius 2 is 2.12 bits per heavy atom. The molecule has 0 spiro atoms. The van der Waals surface area contributed by atoms with E-state index in [2.05, 4.69) is 64.6 Å². The first-order valence-electron chi connectivity index (χ1n) is 8.89. The Balaban J connectivity index is 1.45. The summed E-state index contributed by atoms with van der Waals surface area (Å²) in [6, 6.07) is 11.0. The molecule has 1 aromatic rings. The number of benzene rings is 1. The van der Waals surface area contributed by atoms with Crippen molar-refractivity contribution in [1.82, 2.24) is 26.4 Å². The number of fused-ring (bicyclic) bond motifs is 1. The number of nitrogens with one attached hydrogen (secondary N) is 4. The molecule has 1 aromatic carbocycles. The van der Waals surface area contributed by atoms with Crippen LogP contribution in [0.4, 0.5) is 0 Å². The standard InChI is InChI=1S/C18H29N5O/c1-13(23(2)12-14-6-4-3-5-7-14)10-20-18(24)17-15-11-19-9-8-16(15)21-22-17/h3-7,13,15-17,19,21-22H,8-12H2,1-2H3,(H,20,24). The molecule has 24 heavy (non-hydrogen) atoms. The Kier molecular flexibility index (Phi) is 5.84. The zero-order chi connectivity index (χ0) is 16.9. The van der Waals surface area contributed by atoms with Crippen molar-refractivity contribution in [2.24, 2.45) is 5.92 Å². The van der Waals surface area contributed by atoms with E-state index in [-0.39, 0.29) is 18.0 Å². The highest BCUT2D eigenvalue weighted by molar-refractivity contribution is 5.82. The van der Waals surface area contributed by atoms with Crippen LogP contribution < -0.4 is 21.5 Å². The number of rotatable bonds is 6. The molecule has 3 rings (SSSR count). The van der Waals surface area contributed by atoms with Gasteiger partial charge in [0.25, 0.3) is 0 Å². The van der Waals surface area contributed by atoms with E-state index in [0.717, 1.165) is 26.1 Å². The zero-order valence-electron chi connectivity index (χ0n) is 14.6. The second-order valence-electron chi connectivity index (χ2n) is 7.02. The molecule has 6 nitrogen and oxygen atoms in total. The largest absolute Gasteiger partial charge is 0.353 e. The van der Waals surface area contributed by atoms with Gasteiger partial charge in [-0.05, 0) is 32.5 Å². The van der Waals surface area contributed by atoms with Gasteiger partial charge in [-0.3, -0.25) is 15.1 Å². The number of carbonyl (C=O) groups is 1. The summed E-state index contributed by atoms with van der Waals surface area (Å²) in [6.07, 6.45) is 1.07. The second-order valence-corrected chi connectivity index (χ2v) is 7.02. The first-order valence-corrected chi connectivity index (χ1v) is 8.89. The van der Waals surface area contributed by atoms with Gasteiger partial charge >= 0.3 is 0 Å². The molecule has 2 fully saturated rings. The van der Waals surface area contributed by atoms with Crippen molar-refractivity contribution in [2.75, 3.05) is 26.7 Å². The van der Waals surface area contributed by atoms with E-state index in [1.165, 1.54) is 5.56 Å². The van der Waals surface area contributed by atoms with Crippen molar-refractivity contribution in [3.05, 3.63) is 35.9 Å². The van der Waals surface area contributed by atoms with E-state index in [4.69, 9.17) is 0 Å². The molecule has 4 atom stereocenters. The monoisotopic (exact) mass is 331 g/mol. The van der Waals surface area contributed by atoms with Gasteiger partial charge in [-0.25, -0.2) is 5.43 Å². The maximum absolute atomic E-state index is 12.5. The van der Waals surface area contributed by atoms with Gasteiger partial charge in [-0.2, -0.15) is 0 Å². The number of amides is 1. The Bertz CT molecular complexity index is 537. The van der Waals surface area contributed by atoms with E-state index in [9.17, 15) is 4.79 Å². The fourth-order valence-corrected chi connectivity index (χ4v) is 3.52. The van der Waals surface area contributed by atoms with Crippen LogP contribution in [0.25, 0.3) is 0 Å². The third kappa shape index (κ3) is 4.13. The molecule has 0 bridgehead atoms. The molecule has 4 unspecified atom stereocenters. The Labute approximate surface area is 144 Å². The van der Waals surface area contributed by atoms with Crippen LogP contribution in [0.3, 0.4) is 0 Å². The number of likely N-dealkylation sites (N-methyl/N-ethyl adjacent to an activating group) is 1. The molecule has 2 heterocycles. The smallest absolute Gasteiger partial charge is 0.238 e. The normalized spacial score (nSPS) is 27.7. The molecule has 1 amide bonds. The summed E-state index contributed by atoms with van der Waals surface area (Å²) in [5, 5.41) is 6.50. The van der Waals surface area contributed by atoms with Crippen molar-refractivity contribution in [3.8, 4) is 0 Å². The molecule has 2 aliphatic rings. The number of nitrogens with zero attached hydrogens (tertiary/aromatic N) is 1. The van der Waals surface area contributed by atoms with Crippen LogP contribution in [0.5, 0.6) is 0 Å². The summed E-state index contributed by atoms with van der Waals surface area (Å²) >= 11 is 0. The predicted molar refractivity (Wildman–Crippen MR) is 95.2 cm³/mol. The highest BCUT2D eigenvalue weighted by Crippen LogP contribution is 2.20. The number of hydrogen-bond donors (Lipinski definition) is 4. The minimum atomic E-state index is -0.144. The summed E-state index contributed by atoms with van der Waals surface area (Å²) < 4.78 is 0. The van der Waals surface area contributed by atoms with Crippen LogP contribution in [0, 0.1) is 5.92 Å². The zero-order valence-corrected chi connectivity index (χ0v) is 14.6. The quantitative estimate of drug-likeness (QED) is 0.594. The van der Waals surface area contributed by atoms with Gasteiger partial charge in [0.15, 0.2) is 0 Å². The Morgan fingerprint density at radius 1 is 1.33 bits per heavy atom. The van der Waals surface area contributed by atoms with Crippen LogP contribution in [-0.2, 0) is 11.3 Å². The molecule has 2 saturated heterocycles. The van der Waals surface area contributed by atoms with Gasteiger partial charge < -0.3 is 10.6 Å². The van der Waals surface area contributed by atoms with E-state index < -0.39 is 0 Å². The molecule has 2 aliphatic heterocycles. The number of carbonyl (C=O) groups excluding carboxylic acids is 1. The predicted octanol–water partition coefficient (Wildman–Crippen LogP) is 0.0776. The fraction of sp³-hybridized carbons (Fsp3) is 0.611. The molecule has 0 saturated carbocycles. The van der Waals surface area contributed by atoms with Crippen LogP contribution in [0.1, 0.15) is 18.9 Å². The minimum Gasteiger partial charge on any atom is -0.353 e. The first-order chi connectivity index (χ1) is 11.6. The van der Waals surface area contributed by atoms with Gasteiger partial charge in [0.05, 0.1) is 0 Å². The lowest BCUT2D eigenvalue weighted by Gasteiger charge is -2.28. The average molecular weight is 331 g/mol. The molecular weight excluding hydrogens is 302 g/mol. The molecule has 4 N–H and O–H groups in total. The topological polar surface area (TPSA) is 68.4 Å². The highest BCUT2D eigenvalue weighted by Gasteiger charge is 2.41. The van der Waals surface area contributed by atoms with Gasteiger partial charge in [-0.1, -0.05) is 30.3 Å². The second kappa shape index (κ2) is 8.07. The van der Waals surface area contributed by atoms with Crippen molar-refractivity contribution < 1.29 is 4.79 Å². The molecule has 0 radical (unpaired) electrons. The Hall–Kier alpha value is -1.47. The van der Waals surface area contributed by atoms with Crippen molar-refractivity contribution in [2.45, 2.75) is 38.0 Å². The number of piperidine rings is 1. The van der Waals surface area contributed by atoms with Gasteiger partial charge in [0.2, 0.25) is 5.91 Å². The van der Waals surface area contributed by atoms with Crippen LogP contribution >= 0.6 is 0 Å². The van der Waals surface area contributed by atoms with Crippen LogP contribution in [-0.4, -0.2) is 55.6 Å². The molecule has 0 aliphatic carbocycles. The highest BCUT2D eigenvalue weighted by atomic mass is 16.2. The SMILES string of the molecule is CC(CNC(=O)C1NNC2CCNCC21)N(C)Cc1ccccc1. The molecule has 6 heteroatoms. The van der Waals surface area contributed by atoms with Crippen LogP contribution in [0.15, 0.2) is 30.3 Å². The molecular formula is C18H29N5O. The number of hydrazine groups is 1. The first kappa shape index (κ1) is 17.4. The van der Waals surface area contributed by atoms with Crippen molar-refractivity contribution >= 4 is 5.91 Å². The molecule has 0 aromatic heterocycles. The summed E-state index contributed by atoms with van der Waals surface area (Å²) in [5.74, 6) is 0.426. The summed E-state index contributed by atoms with van der Waals surface area (Å²) in [5.41, 5.74) is 7.73. The van der Waals surface area contributed by atoms with E-state index >= 15 is 0 Å². The number of hydrogen-bond acceptors (Lipinski definition) is 5. The van der Waals surface area contributed by atoms with Crippen molar-refractivity contribution in [3.63, 3.8) is 0 Å². The summed E-state index contributed by atoms with van der Waals surface area (Å²) in [4.78, 5) is 14.8. The lowest BCUT2D eigenvalue weighted by atomic mass is 9.89. The van der Waals surface area contributed by atoms with Gasteiger partial charge in [0.1, 0.15) is 6.04 Å². The van der Waals surface area contributed by atoms with Crippen molar-refractivity contribution in [1.29, 1.82) is 0 Å². The third-order valence-electron chi connectivity index (χ3n) is 5.26. The summed E-state index contributed by atoms with van der Waals surface area (Å²) in [6.45, 7) is 5.60. The maximum atomic E-state index is 12.5. The lowest BCUT2D eigenvalue weighted by molar-refractivity contribution is -0.124. The Morgan fingerprint density at radius 3 is 2.92 bits per heavy atom. The van der Waals surface area contributed by atoms with Gasteiger partial charge in [-0.15, -0.1) is 0 Å². The fourth-order valence-electron chi connectivity index (χ4n) is 3.52. The maximum Gasteiger partial charge on any atom is 0.238 e.